The van der Waals surface area contributed by atoms with Crippen molar-refractivity contribution < 1.29 is 14.6 Å². The smallest absolute Gasteiger partial charge is 0.311 e. The van der Waals surface area contributed by atoms with Gasteiger partial charge in [0.05, 0.1) is 5.41 Å². The second kappa shape index (κ2) is 5.32. The number of aliphatic hydroxyl groups is 1. The van der Waals surface area contributed by atoms with Crippen molar-refractivity contribution in [2.45, 2.75) is 39.9 Å². The zero-order chi connectivity index (χ0) is 13.1. The van der Waals surface area contributed by atoms with Crippen molar-refractivity contribution in [1.29, 1.82) is 0 Å². The highest BCUT2D eigenvalue weighted by molar-refractivity contribution is 5.75. The second-order valence-corrected chi connectivity index (χ2v) is 5.22. The lowest BCUT2D eigenvalue weighted by molar-refractivity contribution is -0.163. The van der Waals surface area contributed by atoms with Crippen molar-refractivity contribution in [3.8, 4) is 0 Å². The number of ether oxygens (including phenoxy) is 1. The molecule has 2 atom stereocenters. The first-order valence-corrected chi connectivity index (χ1v) is 5.76. The highest BCUT2D eigenvalue weighted by atomic mass is 16.6. The summed E-state index contributed by atoms with van der Waals surface area (Å²) in [5, 5.41) is 10.0. The second-order valence-electron chi connectivity index (χ2n) is 5.22. The molecule has 1 aromatic carbocycles. The van der Waals surface area contributed by atoms with Crippen LogP contribution in [0.3, 0.4) is 0 Å². The molecule has 0 saturated heterocycles. The van der Waals surface area contributed by atoms with Crippen LogP contribution in [-0.4, -0.2) is 17.2 Å². The molecule has 1 N–H and O–H groups in total. The van der Waals surface area contributed by atoms with Gasteiger partial charge in [-0.3, -0.25) is 4.79 Å². The number of aliphatic hydroxyl groups excluding tert-OH is 1. The monoisotopic (exact) mass is 236 g/mol. The molecule has 0 heterocycles. The third-order valence-corrected chi connectivity index (χ3v) is 2.49. The van der Waals surface area contributed by atoms with Crippen LogP contribution < -0.4 is 0 Å². The molecule has 0 unspecified atom stereocenters. The van der Waals surface area contributed by atoms with Gasteiger partial charge in [-0.1, -0.05) is 30.3 Å². The Morgan fingerprint density at radius 2 is 1.76 bits per heavy atom. The average Bonchev–Trinajstić information content (AvgIpc) is 2.27. The Hall–Kier alpha value is -1.35. The van der Waals surface area contributed by atoms with Crippen LogP contribution in [0.15, 0.2) is 30.3 Å². The van der Waals surface area contributed by atoms with Gasteiger partial charge in [-0.05, 0) is 33.3 Å². The van der Waals surface area contributed by atoms with E-state index in [0.717, 1.165) is 5.56 Å². The van der Waals surface area contributed by atoms with Gasteiger partial charge in [0.15, 0.2) is 0 Å². The van der Waals surface area contributed by atoms with Crippen LogP contribution in [0.25, 0.3) is 0 Å². The van der Waals surface area contributed by atoms with Crippen LogP contribution in [0.4, 0.5) is 0 Å². The summed E-state index contributed by atoms with van der Waals surface area (Å²) in [6.07, 6.45) is -1.34. The van der Waals surface area contributed by atoms with Crippen molar-refractivity contribution in [2.75, 3.05) is 0 Å². The van der Waals surface area contributed by atoms with E-state index in [-0.39, 0.29) is 5.97 Å². The quantitative estimate of drug-likeness (QED) is 0.821. The molecule has 0 aliphatic rings. The van der Waals surface area contributed by atoms with Crippen molar-refractivity contribution in [3.63, 3.8) is 0 Å². The highest BCUT2D eigenvalue weighted by Gasteiger charge is 2.27. The van der Waals surface area contributed by atoms with E-state index in [9.17, 15) is 9.90 Å². The fourth-order valence-electron chi connectivity index (χ4n) is 1.33. The number of esters is 1. The Balaban J connectivity index is 2.66. The van der Waals surface area contributed by atoms with Gasteiger partial charge in [-0.15, -0.1) is 0 Å². The zero-order valence-electron chi connectivity index (χ0n) is 10.8. The Morgan fingerprint density at radius 1 is 1.24 bits per heavy atom. The summed E-state index contributed by atoms with van der Waals surface area (Å²) in [6, 6.07) is 9.19. The van der Waals surface area contributed by atoms with Crippen LogP contribution in [0.5, 0.6) is 0 Å². The maximum absolute atomic E-state index is 11.7. The van der Waals surface area contributed by atoms with Crippen LogP contribution in [0.1, 0.15) is 39.4 Å². The lowest BCUT2D eigenvalue weighted by atomic mass is 9.97. The highest BCUT2D eigenvalue weighted by Crippen LogP contribution is 2.22. The number of rotatable bonds is 3. The summed E-state index contributed by atoms with van der Waals surface area (Å²) in [7, 11) is 0. The summed E-state index contributed by atoms with van der Waals surface area (Å²) in [4.78, 5) is 11.7. The predicted molar refractivity (Wildman–Crippen MR) is 66.4 cm³/mol. The van der Waals surface area contributed by atoms with Crippen LogP contribution in [0, 0.1) is 5.41 Å². The average molecular weight is 236 g/mol. The maximum Gasteiger partial charge on any atom is 0.311 e. The first kappa shape index (κ1) is 13.7. The molecule has 0 bridgehead atoms. The number of carbonyl (C=O) groups is 1. The van der Waals surface area contributed by atoms with E-state index in [0.29, 0.717) is 0 Å². The van der Waals surface area contributed by atoms with Crippen molar-refractivity contribution in [1.82, 2.24) is 0 Å². The molecule has 0 amide bonds. The van der Waals surface area contributed by atoms with Crippen LogP contribution >= 0.6 is 0 Å². The summed E-state index contributed by atoms with van der Waals surface area (Å²) < 4.78 is 5.24. The molecule has 3 nitrogen and oxygen atoms in total. The molecule has 0 radical (unpaired) electrons. The van der Waals surface area contributed by atoms with Gasteiger partial charge in [0.1, 0.15) is 12.2 Å². The van der Waals surface area contributed by atoms with Crippen LogP contribution in [-0.2, 0) is 9.53 Å². The maximum atomic E-state index is 11.7. The van der Waals surface area contributed by atoms with E-state index in [4.69, 9.17) is 4.74 Å². The van der Waals surface area contributed by atoms with Gasteiger partial charge in [-0.25, -0.2) is 0 Å². The molecule has 3 heteroatoms. The van der Waals surface area contributed by atoms with E-state index in [1.165, 1.54) is 0 Å². The fraction of sp³-hybridized carbons (Fsp3) is 0.500. The summed E-state index contributed by atoms with van der Waals surface area (Å²) in [5.74, 6) is -0.306. The molecule has 94 valence electrons. The van der Waals surface area contributed by atoms with Gasteiger partial charge in [0, 0.05) is 0 Å². The minimum atomic E-state index is -0.789. The van der Waals surface area contributed by atoms with Gasteiger partial charge in [0.25, 0.3) is 0 Å². The molecule has 0 spiro atoms. The number of hydrogen-bond donors (Lipinski definition) is 1. The Bertz CT molecular complexity index is 365. The summed E-state index contributed by atoms with van der Waals surface area (Å²) >= 11 is 0. The first-order chi connectivity index (χ1) is 7.82. The van der Waals surface area contributed by atoms with E-state index < -0.39 is 17.6 Å². The van der Waals surface area contributed by atoms with E-state index in [2.05, 4.69) is 0 Å². The molecule has 0 fully saturated rings. The summed E-state index contributed by atoms with van der Waals surface area (Å²) in [6.45, 7) is 7.06. The lowest BCUT2D eigenvalue weighted by Crippen LogP contribution is -2.30. The number of benzene rings is 1. The molecule has 17 heavy (non-hydrogen) atoms. The Morgan fingerprint density at radius 3 is 2.24 bits per heavy atom. The number of hydrogen-bond acceptors (Lipinski definition) is 3. The van der Waals surface area contributed by atoms with E-state index in [1.54, 1.807) is 27.7 Å². The van der Waals surface area contributed by atoms with E-state index in [1.807, 2.05) is 30.3 Å². The summed E-state index contributed by atoms with van der Waals surface area (Å²) in [5.41, 5.74) is 0.201. The van der Waals surface area contributed by atoms with Crippen LogP contribution in [0.2, 0.25) is 0 Å². The van der Waals surface area contributed by atoms with Gasteiger partial charge >= 0.3 is 5.97 Å². The van der Waals surface area contributed by atoms with Crippen molar-refractivity contribution in [2.24, 2.45) is 5.41 Å². The Kier molecular flexibility index (Phi) is 4.29. The standard InChI is InChI=1S/C14H20O3/c1-10(17-13(16)14(2,3)4)12(15)11-8-6-5-7-9-11/h5-10,12,15H,1-4H3/t10-,12+/m0/s1. The first-order valence-electron chi connectivity index (χ1n) is 5.76. The predicted octanol–water partition coefficient (Wildman–Crippen LogP) is 2.70. The minimum Gasteiger partial charge on any atom is -0.459 e. The molecule has 0 aliphatic heterocycles. The molecule has 0 aromatic heterocycles. The number of carbonyl (C=O) groups excluding carboxylic acids is 1. The largest absolute Gasteiger partial charge is 0.459 e. The van der Waals surface area contributed by atoms with Gasteiger partial charge in [-0.2, -0.15) is 0 Å². The molecule has 0 saturated carbocycles. The Labute approximate surface area is 102 Å². The van der Waals surface area contributed by atoms with Gasteiger partial charge < -0.3 is 9.84 Å². The normalized spacial score (nSPS) is 15.1. The lowest BCUT2D eigenvalue weighted by Gasteiger charge is -2.24. The van der Waals surface area contributed by atoms with Crippen molar-refractivity contribution >= 4 is 5.97 Å². The third kappa shape index (κ3) is 3.86. The topological polar surface area (TPSA) is 46.5 Å². The molecular weight excluding hydrogens is 216 g/mol. The molecular formula is C14H20O3. The minimum absolute atomic E-state index is 0.306. The SMILES string of the molecule is C[C@H](OC(=O)C(C)(C)C)[C@@H](O)c1ccccc1. The fourth-order valence-corrected chi connectivity index (χ4v) is 1.33. The van der Waals surface area contributed by atoms with Crippen molar-refractivity contribution in [3.05, 3.63) is 35.9 Å². The molecule has 0 aliphatic carbocycles. The third-order valence-electron chi connectivity index (χ3n) is 2.49. The molecule has 1 aromatic rings. The molecule has 1 rings (SSSR count). The van der Waals surface area contributed by atoms with E-state index >= 15 is 0 Å². The van der Waals surface area contributed by atoms with Gasteiger partial charge in [0.2, 0.25) is 0 Å². The zero-order valence-corrected chi connectivity index (χ0v) is 10.8.